The number of carbonyl (C=O) groups excluding carboxylic acids is 1. The fourth-order valence-corrected chi connectivity index (χ4v) is 2.83. The lowest BCUT2D eigenvalue weighted by Gasteiger charge is -2.11. The average Bonchev–Trinajstić information content (AvgIpc) is 2.69. The van der Waals surface area contributed by atoms with Crippen LogP contribution in [0.3, 0.4) is 0 Å². The number of halogens is 2. The number of anilines is 1. The summed E-state index contributed by atoms with van der Waals surface area (Å²) in [5.41, 5.74) is 0.792. The number of amides is 1. The normalized spacial score (nSPS) is 10.9. The maximum absolute atomic E-state index is 12.5. The zero-order chi connectivity index (χ0) is 20.5. The van der Waals surface area contributed by atoms with E-state index >= 15 is 0 Å². The van der Waals surface area contributed by atoms with E-state index in [1.807, 2.05) is 6.07 Å². The van der Waals surface area contributed by atoms with Crippen molar-refractivity contribution in [1.82, 2.24) is 0 Å². The predicted octanol–water partition coefficient (Wildman–Crippen LogP) is 5.73. The lowest BCUT2D eigenvalue weighted by Crippen LogP contribution is -2.14. The van der Waals surface area contributed by atoms with Crippen molar-refractivity contribution in [3.8, 4) is 17.6 Å². The molecule has 0 radical (unpaired) electrons. The Labute approximate surface area is 174 Å². The zero-order valence-corrected chi connectivity index (χ0v) is 17.1. The van der Waals surface area contributed by atoms with Crippen LogP contribution in [0.25, 0.3) is 6.08 Å². The van der Waals surface area contributed by atoms with E-state index in [1.54, 1.807) is 43.5 Å². The largest absolute Gasteiger partial charge is 0.493 e. The lowest BCUT2D eigenvalue weighted by atomic mass is 10.1. The molecule has 0 unspecified atom stereocenters. The molecule has 0 fully saturated rings. The molecule has 0 aliphatic carbocycles. The van der Waals surface area contributed by atoms with E-state index in [-0.39, 0.29) is 21.3 Å². The summed E-state index contributed by atoms with van der Waals surface area (Å²) in [6.45, 7) is 2.62. The van der Waals surface area contributed by atoms with E-state index in [9.17, 15) is 10.1 Å². The van der Waals surface area contributed by atoms with E-state index in [0.717, 1.165) is 12.8 Å². The zero-order valence-electron chi connectivity index (χ0n) is 15.6. The number of methoxy groups -OCH3 is 1. The van der Waals surface area contributed by atoms with Gasteiger partial charge in [0.1, 0.15) is 11.6 Å². The molecule has 0 spiro atoms. The highest BCUT2D eigenvalue weighted by Gasteiger charge is 2.14. The van der Waals surface area contributed by atoms with Crippen LogP contribution < -0.4 is 14.8 Å². The van der Waals surface area contributed by atoms with E-state index in [0.29, 0.717) is 23.7 Å². The average molecular weight is 419 g/mol. The fraction of sp³-hybridized carbons (Fsp3) is 0.238. The van der Waals surface area contributed by atoms with E-state index in [1.165, 1.54) is 6.08 Å². The molecule has 0 saturated carbocycles. The molecule has 0 aromatic heterocycles. The van der Waals surface area contributed by atoms with Crippen LogP contribution >= 0.6 is 23.2 Å². The maximum atomic E-state index is 12.5. The van der Waals surface area contributed by atoms with Gasteiger partial charge in [-0.3, -0.25) is 4.79 Å². The summed E-state index contributed by atoms with van der Waals surface area (Å²) in [6.07, 6.45) is 3.38. The Kier molecular flexibility index (Phi) is 8.19. The van der Waals surface area contributed by atoms with Crippen molar-refractivity contribution in [1.29, 1.82) is 5.26 Å². The maximum Gasteiger partial charge on any atom is 0.266 e. The van der Waals surface area contributed by atoms with Gasteiger partial charge < -0.3 is 14.8 Å². The van der Waals surface area contributed by atoms with Gasteiger partial charge >= 0.3 is 0 Å². The quantitative estimate of drug-likeness (QED) is 0.337. The van der Waals surface area contributed by atoms with Crippen molar-refractivity contribution >= 4 is 40.9 Å². The monoisotopic (exact) mass is 418 g/mol. The molecular formula is C21H20Cl2N2O3. The predicted molar refractivity (Wildman–Crippen MR) is 112 cm³/mol. The molecule has 0 atom stereocenters. The third-order valence-electron chi connectivity index (χ3n) is 3.82. The Morgan fingerprint density at radius 2 is 1.93 bits per heavy atom. The van der Waals surface area contributed by atoms with Crippen LogP contribution in [-0.2, 0) is 4.79 Å². The van der Waals surface area contributed by atoms with E-state index in [4.69, 9.17) is 32.7 Å². The number of benzene rings is 2. The molecule has 7 heteroatoms. The summed E-state index contributed by atoms with van der Waals surface area (Å²) in [6, 6.07) is 12.0. The summed E-state index contributed by atoms with van der Waals surface area (Å²) in [5.74, 6) is 0.525. The summed E-state index contributed by atoms with van der Waals surface area (Å²) >= 11 is 12.1. The topological polar surface area (TPSA) is 71.3 Å². The number of unbranched alkanes of at least 4 members (excludes halogenated alkanes) is 1. The van der Waals surface area contributed by atoms with Gasteiger partial charge in [0, 0.05) is 0 Å². The van der Waals surface area contributed by atoms with Gasteiger partial charge in [-0.05, 0) is 42.3 Å². The Balaban J connectivity index is 2.27. The molecule has 2 aromatic carbocycles. The molecule has 1 amide bonds. The molecule has 5 nitrogen and oxygen atoms in total. The van der Waals surface area contributed by atoms with Crippen LogP contribution in [-0.4, -0.2) is 19.6 Å². The minimum Gasteiger partial charge on any atom is -0.493 e. The van der Waals surface area contributed by atoms with Crippen LogP contribution in [0, 0.1) is 11.3 Å². The van der Waals surface area contributed by atoms with Crippen LogP contribution in [0.2, 0.25) is 10.0 Å². The van der Waals surface area contributed by atoms with Gasteiger partial charge in [-0.25, -0.2) is 0 Å². The Morgan fingerprint density at radius 1 is 1.21 bits per heavy atom. The molecule has 146 valence electrons. The number of hydrogen-bond donors (Lipinski definition) is 1. The highest BCUT2D eigenvalue weighted by molar-refractivity contribution is 6.40. The van der Waals surface area contributed by atoms with Gasteiger partial charge in [0.25, 0.3) is 5.91 Å². The standard InChI is InChI=1S/C21H20Cl2N2O3/c1-3-4-10-28-19-12-14(8-9-18(19)27-2)11-15(13-24)21(26)25-20-16(22)6-5-7-17(20)23/h5-9,11-12H,3-4,10H2,1-2H3,(H,25,26)/b15-11+. The minimum absolute atomic E-state index is 0.0966. The first-order valence-electron chi connectivity index (χ1n) is 8.68. The third kappa shape index (κ3) is 5.66. The van der Waals surface area contributed by atoms with Gasteiger partial charge in [0.2, 0.25) is 0 Å². The molecule has 0 aliphatic rings. The number of rotatable bonds is 8. The number of nitrogens with one attached hydrogen (secondary N) is 1. The SMILES string of the molecule is CCCCOc1cc(/C=C(\C#N)C(=O)Nc2c(Cl)cccc2Cl)ccc1OC. The van der Waals surface area contributed by atoms with Crippen LogP contribution in [0.1, 0.15) is 25.3 Å². The van der Waals surface area contributed by atoms with Crippen LogP contribution in [0.5, 0.6) is 11.5 Å². The number of para-hydroxylation sites is 1. The number of hydrogen-bond acceptors (Lipinski definition) is 4. The Hall–Kier alpha value is -2.68. The summed E-state index contributed by atoms with van der Waals surface area (Å²) in [5, 5.41) is 12.6. The number of nitriles is 1. The molecule has 1 N–H and O–H groups in total. The van der Waals surface area contributed by atoms with Gasteiger partial charge in [0.05, 0.1) is 29.4 Å². The molecule has 0 heterocycles. The summed E-state index contributed by atoms with van der Waals surface area (Å²) in [7, 11) is 1.55. The molecule has 2 rings (SSSR count). The molecule has 28 heavy (non-hydrogen) atoms. The van der Waals surface area contributed by atoms with Crippen molar-refractivity contribution in [2.24, 2.45) is 0 Å². The van der Waals surface area contributed by atoms with Crippen molar-refractivity contribution in [3.63, 3.8) is 0 Å². The van der Waals surface area contributed by atoms with E-state index in [2.05, 4.69) is 12.2 Å². The molecule has 0 bridgehead atoms. The second kappa shape index (κ2) is 10.6. The smallest absolute Gasteiger partial charge is 0.266 e. The first-order valence-corrected chi connectivity index (χ1v) is 9.43. The van der Waals surface area contributed by atoms with Crippen molar-refractivity contribution in [2.45, 2.75) is 19.8 Å². The highest BCUT2D eigenvalue weighted by Crippen LogP contribution is 2.31. The number of carbonyl (C=O) groups is 1. The third-order valence-corrected chi connectivity index (χ3v) is 4.45. The van der Waals surface area contributed by atoms with Gasteiger partial charge in [-0.2, -0.15) is 5.26 Å². The fourth-order valence-electron chi connectivity index (χ4n) is 2.34. The lowest BCUT2D eigenvalue weighted by molar-refractivity contribution is -0.112. The van der Waals surface area contributed by atoms with E-state index < -0.39 is 5.91 Å². The van der Waals surface area contributed by atoms with Gasteiger partial charge in [-0.1, -0.05) is 48.7 Å². The van der Waals surface area contributed by atoms with Crippen molar-refractivity contribution in [3.05, 3.63) is 57.6 Å². The first kappa shape index (κ1) is 21.6. The van der Waals surface area contributed by atoms with Crippen LogP contribution in [0.4, 0.5) is 5.69 Å². The second-order valence-electron chi connectivity index (χ2n) is 5.83. The number of ether oxygens (including phenoxy) is 2. The minimum atomic E-state index is -0.609. The van der Waals surface area contributed by atoms with Crippen molar-refractivity contribution in [2.75, 3.05) is 19.0 Å². The molecule has 0 aliphatic heterocycles. The first-order chi connectivity index (χ1) is 13.5. The molecular weight excluding hydrogens is 399 g/mol. The van der Waals surface area contributed by atoms with Crippen LogP contribution in [0.15, 0.2) is 42.0 Å². The number of nitrogens with zero attached hydrogens (tertiary/aromatic N) is 1. The van der Waals surface area contributed by atoms with Gasteiger partial charge in [-0.15, -0.1) is 0 Å². The second-order valence-corrected chi connectivity index (χ2v) is 6.65. The highest BCUT2D eigenvalue weighted by atomic mass is 35.5. The molecule has 0 saturated heterocycles. The Bertz CT molecular complexity index is 900. The summed E-state index contributed by atoms with van der Waals surface area (Å²) < 4.78 is 11.0. The molecule has 2 aromatic rings. The van der Waals surface area contributed by atoms with Gasteiger partial charge in [0.15, 0.2) is 11.5 Å². The van der Waals surface area contributed by atoms with Crippen molar-refractivity contribution < 1.29 is 14.3 Å². The summed E-state index contributed by atoms with van der Waals surface area (Å²) in [4.78, 5) is 12.5. The Morgan fingerprint density at radius 3 is 2.54 bits per heavy atom.